The number of hydrogen-bond acceptors (Lipinski definition) is 4. The Bertz CT molecular complexity index is 136. The van der Waals surface area contributed by atoms with E-state index in [-0.39, 0.29) is 5.97 Å². The van der Waals surface area contributed by atoms with Crippen molar-refractivity contribution < 1.29 is 9.53 Å². The summed E-state index contributed by atoms with van der Waals surface area (Å²) in [5.74, 6) is 0.427. The molecule has 0 aliphatic rings. The second-order valence-corrected chi connectivity index (χ2v) is 3.41. The predicted molar refractivity (Wildman–Crippen MR) is 47.3 cm³/mol. The van der Waals surface area contributed by atoms with Crippen molar-refractivity contribution in [2.75, 3.05) is 26.5 Å². The molecule has 0 bridgehead atoms. The van der Waals surface area contributed by atoms with E-state index in [1.54, 1.807) is 11.9 Å². The molecule has 0 heterocycles. The molecule has 0 N–H and O–H groups in total. The van der Waals surface area contributed by atoms with Gasteiger partial charge in [-0.3, -0.25) is 4.31 Å². The first kappa shape index (κ1) is 10.5. The van der Waals surface area contributed by atoms with E-state index in [1.807, 2.05) is 18.4 Å². The molecular formula is C7H13NO2S. The lowest BCUT2D eigenvalue weighted by molar-refractivity contribution is -0.137. The molecular weight excluding hydrogens is 162 g/mol. The van der Waals surface area contributed by atoms with E-state index < -0.39 is 0 Å². The Hall–Kier alpha value is -0.480. The van der Waals surface area contributed by atoms with Gasteiger partial charge in [0.1, 0.15) is 6.61 Å². The summed E-state index contributed by atoms with van der Waals surface area (Å²) >= 11 is 1.61. The first-order chi connectivity index (χ1) is 5.16. The zero-order valence-electron chi connectivity index (χ0n) is 6.87. The van der Waals surface area contributed by atoms with Crippen LogP contribution < -0.4 is 0 Å². The van der Waals surface area contributed by atoms with Gasteiger partial charge in [0.15, 0.2) is 0 Å². The maximum atomic E-state index is 10.5. The van der Waals surface area contributed by atoms with E-state index in [9.17, 15) is 4.79 Å². The zero-order valence-corrected chi connectivity index (χ0v) is 7.69. The molecule has 11 heavy (non-hydrogen) atoms. The average Bonchev–Trinajstić information content (AvgIpc) is 1.97. The lowest BCUT2D eigenvalue weighted by Crippen LogP contribution is -2.08. The molecule has 0 saturated heterocycles. The summed E-state index contributed by atoms with van der Waals surface area (Å²) in [6, 6.07) is 0. The molecule has 0 atom stereocenters. The van der Waals surface area contributed by atoms with Crippen molar-refractivity contribution in [2.24, 2.45) is 0 Å². The third-order valence-electron chi connectivity index (χ3n) is 0.844. The van der Waals surface area contributed by atoms with E-state index in [0.29, 0.717) is 6.61 Å². The molecule has 0 amide bonds. The summed E-state index contributed by atoms with van der Waals surface area (Å²) in [7, 11) is 3.89. The van der Waals surface area contributed by atoms with Crippen molar-refractivity contribution in [1.29, 1.82) is 0 Å². The summed E-state index contributed by atoms with van der Waals surface area (Å²) < 4.78 is 6.70. The Kier molecular flexibility index (Phi) is 5.97. The Morgan fingerprint density at radius 2 is 2.36 bits per heavy atom. The number of rotatable bonds is 5. The third kappa shape index (κ3) is 7.42. The zero-order chi connectivity index (χ0) is 8.69. The highest BCUT2D eigenvalue weighted by Crippen LogP contribution is 2.01. The van der Waals surface area contributed by atoms with Crippen LogP contribution in [0.1, 0.15) is 0 Å². The molecule has 0 aromatic heterocycles. The van der Waals surface area contributed by atoms with E-state index >= 15 is 0 Å². The second-order valence-electron chi connectivity index (χ2n) is 2.02. The van der Waals surface area contributed by atoms with Crippen molar-refractivity contribution in [3.05, 3.63) is 12.7 Å². The first-order valence-electron chi connectivity index (χ1n) is 3.26. The van der Waals surface area contributed by atoms with Crippen LogP contribution >= 0.6 is 11.9 Å². The fourth-order valence-electron chi connectivity index (χ4n) is 0.421. The minimum atomic E-state index is -0.357. The van der Waals surface area contributed by atoms with Gasteiger partial charge in [0.05, 0.1) is 0 Å². The Morgan fingerprint density at radius 1 is 1.73 bits per heavy atom. The molecule has 0 aliphatic carbocycles. The second kappa shape index (κ2) is 6.24. The van der Waals surface area contributed by atoms with Gasteiger partial charge < -0.3 is 4.74 Å². The lowest BCUT2D eigenvalue weighted by atomic mass is 10.6. The minimum absolute atomic E-state index is 0.357. The predicted octanol–water partition coefficient (Wildman–Crippen LogP) is 0.925. The van der Waals surface area contributed by atoms with Crippen LogP contribution in [0.2, 0.25) is 0 Å². The molecule has 0 aromatic rings. The normalized spacial score (nSPS) is 9.73. The quantitative estimate of drug-likeness (QED) is 0.269. The smallest absolute Gasteiger partial charge is 0.330 e. The van der Waals surface area contributed by atoms with Gasteiger partial charge in [0, 0.05) is 11.8 Å². The first-order valence-corrected chi connectivity index (χ1v) is 4.20. The van der Waals surface area contributed by atoms with Gasteiger partial charge in [-0.1, -0.05) is 18.5 Å². The van der Waals surface area contributed by atoms with Gasteiger partial charge in [0.2, 0.25) is 0 Å². The minimum Gasteiger partial charge on any atom is -0.462 e. The van der Waals surface area contributed by atoms with Gasteiger partial charge in [-0.15, -0.1) is 0 Å². The standard InChI is InChI=1S/C7H13NO2S/c1-4-7(9)10-5-6-11-8(2)3/h4H,1,5-6H2,2-3H3. The fourth-order valence-corrected chi connectivity index (χ4v) is 0.944. The highest BCUT2D eigenvalue weighted by Gasteiger charge is 1.95. The number of nitrogens with zero attached hydrogens (tertiary/aromatic N) is 1. The molecule has 0 radical (unpaired) electrons. The number of carbonyl (C=O) groups excluding carboxylic acids is 1. The van der Waals surface area contributed by atoms with Crippen LogP contribution in [0.15, 0.2) is 12.7 Å². The molecule has 4 heteroatoms. The lowest BCUT2D eigenvalue weighted by Gasteiger charge is -2.07. The SMILES string of the molecule is C=CC(=O)OCCSN(C)C. The Labute approximate surface area is 71.5 Å². The van der Waals surface area contributed by atoms with Crippen molar-refractivity contribution >= 4 is 17.9 Å². The number of ether oxygens (including phenoxy) is 1. The number of carbonyl (C=O) groups is 1. The molecule has 64 valence electrons. The summed E-state index contributed by atoms with van der Waals surface area (Å²) in [4.78, 5) is 10.5. The Morgan fingerprint density at radius 3 is 2.82 bits per heavy atom. The van der Waals surface area contributed by atoms with Crippen LogP contribution in [0.4, 0.5) is 0 Å². The molecule has 0 rings (SSSR count). The molecule has 0 saturated carbocycles. The van der Waals surface area contributed by atoms with E-state index in [2.05, 4.69) is 6.58 Å². The average molecular weight is 175 g/mol. The maximum Gasteiger partial charge on any atom is 0.330 e. The summed E-state index contributed by atoms with van der Waals surface area (Å²) in [6.07, 6.45) is 1.17. The highest BCUT2D eigenvalue weighted by atomic mass is 32.2. The van der Waals surface area contributed by atoms with Gasteiger partial charge >= 0.3 is 5.97 Å². The van der Waals surface area contributed by atoms with Crippen LogP contribution in [-0.2, 0) is 9.53 Å². The molecule has 0 unspecified atom stereocenters. The third-order valence-corrected chi connectivity index (χ3v) is 1.71. The van der Waals surface area contributed by atoms with Gasteiger partial charge in [-0.05, 0) is 14.1 Å². The van der Waals surface area contributed by atoms with Crippen LogP contribution in [0, 0.1) is 0 Å². The summed E-state index contributed by atoms with van der Waals surface area (Å²) in [6.45, 7) is 3.72. The summed E-state index contributed by atoms with van der Waals surface area (Å²) in [5, 5.41) is 0. The van der Waals surface area contributed by atoms with Crippen LogP contribution in [-0.4, -0.2) is 36.7 Å². The molecule has 0 aliphatic heterocycles. The van der Waals surface area contributed by atoms with Crippen molar-refractivity contribution in [3.63, 3.8) is 0 Å². The van der Waals surface area contributed by atoms with Gasteiger partial charge in [0.25, 0.3) is 0 Å². The van der Waals surface area contributed by atoms with Gasteiger partial charge in [-0.25, -0.2) is 4.79 Å². The van der Waals surface area contributed by atoms with Crippen LogP contribution in [0.25, 0.3) is 0 Å². The van der Waals surface area contributed by atoms with Crippen molar-refractivity contribution in [2.45, 2.75) is 0 Å². The largest absolute Gasteiger partial charge is 0.462 e. The van der Waals surface area contributed by atoms with E-state index in [1.165, 1.54) is 6.08 Å². The summed E-state index contributed by atoms with van der Waals surface area (Å²) in [5.41, 5.74) is 0. The fraction of sp³-hybridized carbons (Fsp3) is 0.571. The topological polar surface area (TPSA) is 29.5 Å². The monoisotopic (exact) mass is 175 g/mol. The number of hydrogen-bond donors (Lipinski definition) is 0. The van der Waals surface area contributed by atoms with E-state index in [0.717, 1.165) is 5.75 Å². The molecule has 0 aromatic carbocycles. The van der Waals surface area contributed by atoms with Crippen LogP contribution in [0.3, 0.4) is 0 Å². The van der Waals surface area contributed by atoms with E-state index in [4.69, 9.17) is 4.74 Å². The maximum absolute atomic E-state index is 10.5. The van der Waals surface area contributed by atoms with Gasteiger partial charge in [-0.2, -0.15) is 0 Å². The highest BCUT2D eigenvalue weighted by molar-refractivity contribution is 7.96. The number of esters is 1. The molecule has 3 nitrogen and oxygen atoms in total. The molecule has 0 spiro atoms. The van der Waals surface area contributed by atoms with Crippen molar-refractivity contribution in [3.8, 4) is 0 Å². The Balaban J connectivity index is 3.14. The van der Waals surface area contributed by atoms with Crippen molar-refractivity contribution in [1.82, 2.24) is 4.31 Å². The van der Waals surface area contributed by atoms with Crippen LogP contribution in [0.5, 0.6) is 0 Å². The molecule has 0 fully saturated rings.